The van der Waals surface area contributed by atoms with Gasteiger partial charge >= 0.3 is 0 Å². The zero-order valence-electron chi connectivity index (χ0n) is 9.79. The van der Waals surface area contributed by atoms with Crippen molar-refractivity contribution in [2.75, 3.05) is 5.32 Å². The van der Waals surface area contributed by atoms with E-state index in [0.29, 0.717) is 6.04 Å². The molecule has 0 fully saturated rings. The van der Waals surface area contributed by atoms with Crippen LogP contribution in [0.2, 0.25) is 10.0 Å². The quantitative estimate of drug-likeness (QED) is 0.806. The molecule has 2 aromatic carbocycles. The number of aryl methyl sites for hydroxylation is 1. The molecular weight excluding hydrogens is 265 g/mol. The third-order valence-electron chi connectivity index (χ3n) is 3.37. The summed E-state index contributed by atoms with van der Waals surface area (Å²) in [7, 11) is 0. The Morgan fingerprint density at radius 1 is 0.944 bits per heavy atom. The molecule has 0 amide bonds. The largest absolute Gasteiger partial charge is 0.378 e. The minimum atomic E-state index is 0.374. The Hall–Kier alpha value is -1.18. The first-order chi connectivity index (χ1) is 8.72. The van der Waals surface area contributed by atoms with Gasteiger partial charge in [-0.2, -0.15) is 0 Å². The Balaban J connectivity index is 1.82. The fraction of sp³-hybridized carbons (Fsp3) is 0.200. The van der Waals surface area contributed by atoms with Gasteiger partial charge in [-0.15, -0.1) is 0 Å². The molecule has 0 aliphatic heterocycles. The van der Waals surface area contributed by atoms with Crippen molar-refractivity contribution in [3.63, 3.8) is 0 Å². The highest BCUT2D eigenvalue weighted by atomic mass is 35.5. The van der Waals surface area contributed by atoms with E-state index in [1.807, 2.05) is 30.3 Å². The molecule has 3 heteroatoms. The van der Waals surface area contributed by atoms with Gasteiger partial charge in [0.25, 0.3) is 0 Å². The predicted octanol–water partition coefficient (Wildman–Crippen LogP) is 5.09. The Bertz CT molecular complexity index is 563. The minimum Gasteiger partial charge on any atom is -0.378 e. The van der Waals surface area contributed by atoms with E-state index in [9.17, 15) is 0 Å². The number of benzene rings is 2. The third-order valence-corrected chi connectivity index (χ3v) is 3.85. The second kappa shape index (κ2) is 4.83. The molecule has 1 aliphatic carbocycles. The molecule has 0 saturated heterocycles. The number of hydrogen-bond donors (Lipinski definition) is 1. The molecule has 0 bridgehead atoms. The van der Waals surface area contributed by atoms with Crippen LogP contribution in [0.1, 0.15) is 23.6 Å². The molecule has 0 spiro atoms. The van der Waals surface area contributed by atoms with E-state index in [0.717, 1.165) is 28.6 Å². The van der Waals surface area contributed by atoms with E-state index in [-0.39, 0.29) is 0 Å². The van der Waals surface area contributed by atoms with Crippen LogP contribution in [0.5, 0.6) is 0 Å². The molecule has 1 N–H and O–H groups in total. The van der Waals surface area contributed by atoms with Crippen LogP contribution in [0.3, 0.4) is 0 Å². The molecule has 92 valence electrons. The Kier molecular flexibility index (Phi) is 3.19. The maximum Gasteiger partial charge on any atom is 0.0519 e. The lowest BCUT2D eigenvalue weighted by molar-refractivity contribution is 0.762. The zero-order chi connectivity index (χ0) is 12.5. The number of nitrogens with one attached hydrogen (secondary N) is 1. The van der Waals surface area contributed by atoms with Gasteiger partial charge in [-0.3, -0.25) is 0 Å². The van der Waals surface area contributed by atoms with E-state index in [2.05, 4.69) is 17.4 Å². The summed E-state index contributed by atoms with van der Waals surface area (Å²) in [5.41, 5.74) is 3.82. The van der Waals surface area contributed by atoms with Crippen molar-refractivity contribution >= 4 is 28.9 Å². The Morgan fingerprint density at radius 3 is 2.44 bits per heavy atom. The molecule has 1 nitrogen and oxygen atoms in total. The lowest BCUT2D eigenvalue weighted by Crippen LogP contribution is -2.06. The van der Waals surface area contributed by atoms with Gasteiger partial charge in [-0.05, 0) is 60.4 Å². The minimum absolute atomic E-state index is 0.374. The van der Waals surface area contributed by atoms with Crippen molar-refractivity contribution in [2.45, 2.75) is 18.9 Å². The summed E-state index contributed by atoms with van der Waals surface area (Å²) >= 11 is 11.9. The van der Waals surface area contributed by atoms with E-state index >= 15 is 0 Å². The first kappa shape index (κ1) is 11.9. The summed E-state index contributed by atoms with van der Waals surface area (Å²) in [6, 6.07) is 14.4. The van der Waals surface area contributed by atoms with Gasteiger partial charge in [-0.25, -0.2) is 0 Å². The summed E-state index contributed by atoms with van der Waals surface area (Å²) in [4.78, 5) is 0. The van der Waals surface area contributed by atoms with Gasteiger partial charge in [-0.1, -0.05) is 29.3 Å². The predicted molar refractivity (Wildman–Crippen MR) is 77.6 cm³/mol. The van der Waals surface area contributed by atoms with Gasteiger partial charge in [0.1, 0.15) is 0 Å². The lowest BCUT2D eigenvalue weighted by atomic mass is 10.1. The smallest absolute Gasteiger partial charge is 0.0519 e. The molecule has 1 atom stereocenters. The van der Waals surface area contributed by atoms with E-state index in [1.165, 1.54) is 11.1 Å². The average Bonchev–Trinajstić information content (AvgIpc) is 2.74. The number of fused-ring (bicyclic) bond motifs is 1. The van der Waals surface area contributed by atoms with E-state index in [1.54, 1.807) is 0 Å². The molecule has 2 aromatic rings. The van der Waals surface area contributed by atoms with Crippen LogP contribution in [-0.4, -0.2) is 0 Å². The highest BCUT2D eigenvalue weighted by Gasteiger charge is 2.22. The highest BCUT2D eigenvalue weighted by Crippen LogP contribution is 2.35. The van der Waals surface area contributed by atoms with E-state index < -0.39 is 0 Å². The Morgan fingerprint density at radius 2 is 1.67 bits per heavy atom. The van der Waals surface area contributed by atoms with Crippen molar-refractivity contribution in [3.8, 4) is 0 Å². The maximum absolute atomic E-state index is 6.01. The molecule has 0 saturated carbocycles. The van der Waals surface area contributed by atoms with Crippen molar-refractivity contribution in [1.82, 2.24) is 0 Å². The second-order valence-corrected chi connectivity index (χ2v) is 5.46. The molecule has 0 aromatic heterocycles. The van der Waals surface area contributed by atoms with Crippen LogP contribution in [0.4, 0.5) is 5.69 Å². The monoisotopic (exact) mass is 277 g/mol. The summed E-state index contributed by atoms with van der Waals surface area (Å²) in [6.07, 6.45) is 2.19. The molecule has 1 aliphatic rings. The van der Waals surface area contributed by atoms with E-state index in [4.69, 9.17) is 23.2 Å². The number of rotatable bonds is 2. The van der Waals surface area contributed by atoms with Gasteiger partial charge in [0.2, 0.25) is 0 Å². The summed E-state index contributed by atoms with van der Waals surface area (Å²) < 4.78 is 0. The molecule has 3 rings (SSSR count). The molecule has 0 radical (unpaired) electrons. The molecule has 1 unspecified atom stereocenters. The standard InChI is InChI=1S/C15H13Cl2N/c16-11-2-5-13(6-3-11)18-15-8-1-10-9-12(17)4-7-14(10)15/h2-7,9,15,18H,1,8H2. The first-order valence-electron chi connectivity index (χ1n) is 6.03. The summed E-state index contributed by atoms with van der Waals surface area (Å²) in [5, 5.41) is 5.13. The van der Waals surface area contributed by atoms with Gasteiger partial charge in [0, 0.05) is 15.7 Å². The lowest BCUT2D eigenvalue weighted by Gasteiger charge is -2.15. The van der Waals surface area contributed by atoms with Gasteiger partial charge in [0.05, 0.1) is 6.04 Å². The van der Waals surface area contributed by atoms with Crippen LogP contribution >= 0.6 is 23.2 Å². The molecule has 18 heavy (non-hydrogen) atoms. The van der Waals surface area contributed by atoms with Crippen molar-refractivity contribution in [2.24, 2.45) is 0 Å². The fourth-order valence-electron chi connectivity index (χ4n) is 2.48. The van der Waals surface area contributed by atoms with Crippen LogP contribution in [0.15, 0.2) is 42.5 Å². The number of halogens is 2. The summed E-state index contributed by atoms with van der Waals surface area (Å²) in [5.74, 6) is 0. The number of hydrogen-bond acceptors (Lipinski definition) is 1. The third kappa shape index (κ3) is 2.33. The molecular formula is C15H13Cl2N. The SMILES string of the molecule is Clc1ccc(NC2CCc3cc(Cl)ccc32)cc1. The van der Waals surface area contributed by atoms with Gasteiger partial charge < -0.3 is 5.32 Å². The van der Waals surface area contributed by atoms with Crippen molar-refractivity contribution in [1.29, 1.82) is 0 Å². The maximum atomic E-state index is 6.01. The molecule has 0 heterocycles. The summed E-state index contributed by atoms with van der Waals surface area (Å²) in [6.45, 7) is 0. The van der Waals surface area contributed by atoms with Crippen LogP contribution in [0, 0.1) is 0 Å². The van der Waals surface area contributed by atoms with Crippen molar-refractivity contribution in [3.05, 3.63) is 63.6 Å². The van der Waals surface area contributed by atoms with Gasteiger partial charge in [0.15, 0.2) is 0 Å². The normalized spacial score (nSPS) is 17.6. The van der Waals surface area contributed by atoms with Crippen molar-refractivity contribution < 1.29 is 0 Å². The average molecular weight is 278 g/mol. The van der Waals surface area contributed by atoms with Crippen LogP contribution in [-0.2, 0) is 6.42 Å². The number of anilines is 1. The zero-order valence-corrected chi connectivity index (χ0v) is 11.3. The topological polar surface area (TPSA) is 12.0 Å². The fourth-order valence-corrected chi connectivity index (χ4v) is 2.80. The van der Waals surface area contributed by atoms with Crippen LogP contribution < -0.4 is 5.32 Å². The second-order valence-electron chi connectivity index (χ2n) is 4.59. The first-order valence-corrected chi connectivity index (χ1v) is 6.78. The highest BCUT2D eigenvalue weighted by molar-refractivity contribution is 6.30. The van der Waals surface area contributed by atoms with Crippen LogP contribution in [0.25, 0.3) is 0 Å². The Labute approximate surface area is 117 Å².